The summed E-state index contributed by atoms with van der Waals surface area (Å²) in [6, 6.07) is 15.5. The number of aryl methyl sites for hydroxylation is 2. The van der Waals surface area contributed by atoms with Gasteiger partial charge in [0, 0.05) is 29.2 Å². The Kier molecular flexibility index (Phi) is 4.28. The number of nitrogens with one attached hydrogen (secondary N) is 1. The van der Waals surface area contributed by atoms with E-state index in [1.807, 2.05) is 55.6 Å². The minimum atomic E-state index is -0.382. The van der Waals surface area contributed by atoms with Crippen molar-refractivity contribution in [3.63, 3.8) is 0 Å². The predicted octanol–water partition coefficient (Wildman–Crippen LogP) is 4.06. The van der Waals surface area contributed by atoms with Crippen LogP contribution in [0.25, 0.3) is 17.0 Å². The van der Waals surface area contributed by atoms with Crippen molar-refractivity contribution in [3.05, 3.63) is 77.1 Å². The molecule has 5 heteroatoms. The van der Waals surface area contributed by atoms with Gasteiger partial charge in [0.05, 0.1) is 6.54 Å². The molecule has 1 aromatic heterocycles. The van der Waals surface area contributed by atoms with Crippen molar-refractivity contribution >= 4 is 28.9 Å². The molecular formula is C22H21N3O2. The first kappa shape index (κ1) is 17.1. The highest BCUT2D eigenvalue weighted by atomic mass is 16.2. The fraction of sp³-hybridized carbons (Fsp3) is 0.182. The minimum Gasteiger partial charge on any atom is -0.347 e. The Hall–Kier alpha value is -3.34. The Labute approximate surface area is 157 Å². The van der Waals surface area contributed by atoms with Gasteiger partial charge in [-0.1, -0.05) is 48.0 Å². The second kappa shape index (κ2) is 6.76. The van der Waals surface area contributed by atoms with E-state index in [0.29, 0.717) is 5.70 Å². The van der Waals surface area contributed by atoms with E-state index in [1.54, 1.807) is 6.08 Å². The van der Waals surface area contributed by atoms with Gasteiger partial charge in [0.15, 0.2) is 0 Å². The molecule has 27 heavy (non-hydrogen) atoms. The number of amides is 3. The summed E-state index contributed by atoms with van der Waals surface area (Å²) in [5.74, 6) is -0.296. The van der Waals surface area contributed by atoms with Gasteiger partial charge >= 0.3 is 6.03 Å². The maximum atomic E-state index is 12.8. The van der Waals surface area contributed by atoms with E-state index in [-0.39, 0.29) is 18.5 Å². The molecule has 0 aliphatic carbocycles. The first-order valence-corrected chi connectivity index (χ1v) is 9.05. The Bertz CT molecular complexity index is 1080. The number of carbonyl (C=O) groups is 2. The highest BCUT2D eigenvalue weighted by molar-refractivity contribution is 6.14. The summed E-state index contributed by atoms with van der Waals surface area (Å²) in [6.45, 7) is 5.17. The van der Waals surface area contributed by atoms with Crippen molar-refractivity contribution in [2.45, 2.75) is 26.9 Å². The molecule has 0 atom stereocenters. The van der Waals surface area contributed by atoms with Gasteiger partial charge in [-0.3, -0.25) is 9.69 Å². The minimum absolute atomic E-state index is 0.264. The third-order valence-corrected chi connectivity index (χ3v) is 4.85. The van der Waals surface area contributed by atoms with Crippen molar-refractivity contribution in [2.75, 3.05) is 0 Å². The SMILES string of the molecule is CCn1cc(C=C2NC(=O)N(Cc3cccc(C)c3)C2=O)c2ccccc21. The summed E-state index contributed by atoms with van der Waals surface area (Å²) in [6.07, 6.45) is 3.78. The van der Waals surface area contributed by atoms with Gasteiger partial charge in [0.1, 0.15) is 5.70 Å². The number of imide groups is 1. The molecule has 3 aromatic rings. The molecule has 5 nitrogen and oxygen atoms in total. The van der Waals surface area contributed by atoms with Crippen LogP contribution in [-0.4, -0.2) is 21.4 Å². The molecule has 1 saturated heterocycles. The lowest BCUT2D eigenvalue weighted by molar-refractivity contribution is -0.123. The zero-order chi connectivity index (χ0) is 19.0. The lowest BCUT2D eigenvalue weighted by Crippen LogP contribution is -2.30. The summed E-state index contributed by atoms with van der Waals surface area (Å²) in [5, 5.41) is 3.78. The summed E-state index contributed by atoms with van der Waals surface area (Å²) in [7, 11) is 0. The Morgan fingerprint density at radius 1 is 1.07 bits per heavy atom. The van der Waals surface area contributed by atoms with E-state index in [9.17, 15) is 9.59 Å². The van der Waals surface area contributed by atoms with E-state index < -0.39 is 0 Å². The second-order valence-electron chi connectivity index (χ2n) is 6.76. The summed E-state index contributed by atoms with van der Waals surface area (Å²) in [4.78, 5) is 26.4. The lowest BCUT2D eigenvalue weighted by atomic mass is 10.1. The Balaban J connectivity index is 1.66. The van der Waals surface area contributed by atoms with Crippen LogP contribution in [-0.2, 0) is 17.9 Å². The van der Waals surface area contributed by atoms with Crippen LogP contribution in [0, 0.1) is 6.92 Å². The molecule has 1 fully saturated rings. The van der Waals surface area contributed by atoms with Crippen LogP contribution < -0.4 is 5.32 Å². The van der Waals surface area contributed by atoms with Crippen LogP contribution in [0.1, 0.15) is 23.6 Å². The van der Waals surface area contributed by atoms with Crippen LogP contribution in [0.3, 0.4) is 0 Å². The average Bonchev–Trinajstić information content (AvgIpc) is 3.15. The molecule has 2 heterocycles. The molecule has 1 aliphatic heterocycles. The van der Waals surface area contributed by atoms with Crippen molar-refractivity contribution < 1.29 is 9.59 Å². The van der Waals surface area contributed by atoms with Crippen LogP contribution >= 0.6 is 0 Å². The van der Waals surface area contributed by atoms with Crippen LogP contribution in [0.4, 0.5) is 4.79 Å². The van der Waals surface area contributed by atoms with Crippen LogP contribution in [0.5, 0.6) is 0 Å². The van der Waals surface area contributed by atoms with Crippen LogP contribution in [0.2, 0.25) is 0 Å². The molecule has 0 radical (unpaired) electrons. The highest BCUT2D eigenvalue weighted by Gasteiger charge is 2.33. The number of hydrogen-bond acceptors (Lipinski definition) is 2. The largest absolute Gasteiger partial charge is 0.347 e. The Morgan fingerprint density at radius 3 is 2.67 bits per heavy atom. The normalized spacial score (nSPS) is 15.8. The fourth-order valence-electron chi connectivity index (χ4n) is 3.52. The molecule has 0 unspecified atom stereocenters. The number of fused-ring (bicyclic) bond motifs is 1. The number of nitrogens with zero attached hydrogens (tertiary/aromatic N) is 2. The van der Waals surface area contributed by atoms with Gasteiger partial charge in [-0.15, -0.1) is 0 Å². The molecule has 0 saturated carbocycles. The lowest BCUT2D eigenvalue weighted by Gasteiger charge is -2.12. The van der Waals surface area contributed by atoms with E-state index >= 15 is 0 Å². The number of hydrogen-bond donors (Lipinski definition) is 1. The summed E-state index contributed by atoms with van der Waals surface area (Å²) >= 11 is 0. The number of rotatable bonds is 4. The topological polar surface area (TPSA) is 54.3 Å². The maximum Gasteiger partial charge on any atom is 0.329 e. The van der Waals surface area contributed by atoms with Crippen LogP contribution in [0.15, 0.2) is 60.4 Å². The van der Waals surface area contributed by atoms with E-state index in [0.717, 1.165) is 34.1 Å². The van der Waals surface area contributed by atoms with Crippen molar-refractivity contribution in [1.29, 1.82) is 0 Å². The molecule has 3 amide bonds. The fourth-order valence-corrected chi connectivity index (χ4v) is 3.52. The first-order valence-electron chi connectivity index (χ1n) is 9.05. The number of para-hydroxylation sites is 1. The molecule has 1 N–H and O–H groups in total. The molecular weight excluding hydrogens is 338 g/mol. The zero-order valence-corrected chi connectivity index (χ0v) is 15.4. The molecule has 136 valence electrons. The number of aromatic nitrogens is 1. The third-order valence-electron chi connectivity index (χ3n) is 4.85. The Morgan fingerprint density at radius 2 is 1.89 bits per heavy atom. The zero-order valence-electron chi connectivity index (χ0n) is 15.4. The van der Waals surface area contributed by atoms with Gasteiger partial charge in [-0.2, -0.15) is 0 Å². The number of benzene rings is 2. The van der Waals surface area contributed by atoms with E-state index in [2.05, 4.69) is 22.9 Å². The average molecular weight is 359 g/mol. The molecule has 2 aromatic carbocycles. The quantitative estimate of drug-likeness (QED) is 0.564. The molecule has 0 bridgehead atoms. The smallest absolute Gasteiger partial charge is 0.329 e. The maximum absolute atomic E-state index is 12.8. The molecule has 1 aliphatic rings. The first-order chi connectivity index (χ1) is 13.1. The van der Waals surface area contributed by atoms with Gasteiger partial charge < -0.3 is 9.88 Å². The van der Waals surface area contributed by atoms with Gasteiger partial charge in [0.25, 0.3) is 5.91 Å². The van der Waals surface area contributed by atoms with Gasteiger partial charge in [-0.05, 0) is 31.6 Å². The summed E-state index contributed by atoms with van der Waals surface area (Å²) in [5.41, 5.74) is 4.38. The molecule has 4 rings (SSSR count). The standard InChI is InChI=1S/C22H21N3O2/c1-3-24-14-17(18-9-4-5-10-20(18)24)12-19-21(26)25(22(27)23-19)13-16-8-6-7-15(2)11-16/h4-12,14H,3,13H2,1-2H3,(H,23,27). The van der Waals surface area contributed by atoms with Crippen molar-refractivity contribution in [2.24, 2.45) is 0 Å². The second-order valence-corrected chi connectivity index (χ2v) is 6.76. The predicted molar refractivity (Wildman–Crippen MR) is 106 cm³/mol. The van der Waals surface area contributed by atoms with E-state index in [4.69, 9.17) is 0 Å². The van der Waals surface area contributed by atoms with E-state index in [1.165, 1.54) is 4.90 Å². The number of carbonyl (C=O) groups excluding carboxylic acids is 2. The highest BCUT2D eigenvalue weighted by Crippen LogP contribution is 2.25. The van der Waals surface area contributed by atoms with Gasteiger partial charge in [-0.25, -0.2) is 4.79 Å². The third kappa shape index (κ3) is 3.12. The van der Waals surface area contributed by atoms with Gasteiger partial charge in [0.2, 0.25) is 0 Å². The number of urea groups is 1. The molecule has 0 spiro atoms. The van der Waals surface area contributed by atoms with Crippen molar-refractivity contribution in [1.82, 2.24) is 14.8 Å². The summed E-state index contributed by atoms with van der Waals surface area (Å²) < 4.78 is 2.13. The monoisotopic (exact) mass is 359 g/mol. The van der Waals surface area contributed by atoms with Crippen molar-refractivity contribution in [3.8, 4) is 0 Å².